The van der Waals surface area contributed by atoms with Crippen LogP contribution in [0.3, 0.4) is 0 Å². The van der Waals surface area contributed by atoms with Gasteiger partial charge in [0, 0.05) is 51.3 Å². The zero-order valence-corrected chi connectivity index (χ0v) is 14.8. The number of amides is 1. The van der Waals surface area contributed by atoms with Gasteiger partial charge in [-0.15, -0.1) is 0 Å². The number of carbonyl (C=O) groups excluding carboxylic acids is 1. The third kappa shape index (κ3) is 5.05. The summed E-state index contributed by atoms with van der Waals surface area (Å²) in [4.78, 5) is 24.9. The number of pyridine rings is 2. The van der Waals surface area contributed by atoms with E-state index in [2.05, 4.69) is 21.8 Å². The molecule has 2 aromatic rings. The molecule has 0 bridgehead atoms. The van der Waals surface area contributed by atoms with Crippen LogP contribution in [-0.4, -0.2) is 48.0 Å². The third-order valence-electron chi connectivity index (χ3n) is 4.06. The molecular weight excluding hydrogens is 300 g/mol. The average molecular weight is 326 g/mol. The summed E-state index contributed by atoms with van der Waals surface area (Å²) < 4.78 is 0. The van der Waals surface area contributed by atoms with Crippen LogP contribution in [0.25, 0.3) is 0 Å². The predicted molar refractivity (Wildman–Crippen MR) is 97.3 cm³/mol. The van der Waals surface area contributed by atoms with Gasteiger partial charge in [0.05, 0.1) is 0 Å². The highest BCUT2D eigenvalue weighted by molar-refractivity contribution is 5.94. The van der Waals surface area contributed by atoms with E-state index in [1.165, 1.54) is 5.56 Å². The molecule has 0 radical (unpaired) electrons. The van der Waals surface area contributed by atoms with Crippen molar-refractivity contribution in [2.75, 3.05) is 32.1 Å². The smallest absolute Gasteiger partial charge is 0.253 e. The number of nitrogens with zero attached hydrogens (tertiary/aromatic N) is 4. The Morgan fingerprint density at radius 3 is 2.54 bits per heavy atom. The lowest BCUT2D eigenvalue weighted by Crippen LogP contribution is -2.29. The van der Waals surface area contributed by atoms with Gasteiger partial charge >= 0.3 is 0 Å². The number of unbranched alkanes of at least 4 members (excludes halogenated alkanes) is 1. The number of hydrogen-bond acceptors (Lipinski definition) is 4. The van der Waals surface area contributed by atoms with Crippen LogP contribution < -0.4 is 4.90 Å². The zero-order chi connectivity index (χ0) is 17.4. The molecule has 5 nitrogen and oxygen atoms in total. The van der Waals surface area contributed by atoms with Crippen LogP contribution in [0.15, 0.2) is 42.9 Å². The standard InChI is InChI=1S/C19H26N4O/c1-4-5-13-22(2)18-15-17(8-12-21-18)19(24)23(3)14-9-16-6-10-20-11-7-16/h6-8,10-12,15H,4-5,9,13-14H2,1-3H3. The fourth-order valence-electron chi connectivity index (χ4n) is 2.44. The molecule has 1 amide bonds. The Labute approximate surface area is 144 Å². The van der Waals surface area contributed by atoms with Crippen LogP contribution in [0.5, 0.6) is 0 Å². The quantitative estimate of drug-likeness (QED) is 0.748. The van der Waals surface area contributed by atoms with Gasteiger partial charge in [-0.25, -0.2) is 4.98 Å². The van der Waals surface area contributed by atoms with Gasteiger partial charge < -0.3 is 9.80 Å². The highest BCUT2D eigenvalue weighted by Gasteiger charge is 2.13. The van der Waals surface area contributed by atoms with E-state index >= 15 is 0 Å². The number of rotatable bonds is 8. The third-order valence-corrected chi connectivity index (χ3v) is 4.06. The summed E-state index contributed by atoms with van der Waals surface area (Å²) in [5.74, 6) is 0.869. The number of aromatic nitrogens is 2. The lowest BCUT2D eigenvalue weighted by atomic mass is 10.1. The van der Waals surface area contributed by atoms with Crippen molar-refractivity contribution < 1.29 is 4.79 Å². The minimum Gasteiger partial charge on any atom is -0.360 e. The molecular formula is C19H26N4O. The van der Waals surface area contributed by atoms with E-state index in [1.54, 1.807) is 29.6 Å². The van der Waals surface area contributed by atoms with E-state index in [0.29, 0.717) is 12.1 Å². The summed E-state index contributed by atoms with van der Waals surface area (Å²) in [5.41, 5.74) is 1.86. The fourth-order valence-corrected chi connectivity index (χ4v) is 2.44. The van der Waals surface area contributed by atoms with Crippen LogP contribution in [0, 0.1) is 0 Å². The van der Waals surface area contributed by atoms with E-state index in [-0.39, 0.29) is 5.91 Å². The maximum Gasteiger partial charge on any atom is 0.253 e. The van der Waals surface area contributed by atoms with Crippen molar-refractivity contribution in [2.45, 2.75) is 26.2 Å². The van der Waals surface area contributed by atoms with Crippen molar-refractivity contribution in [3.8, 4) is 0 Å². The van der Waals surface area contributed by atoms with Gasteiger partial charge in [-0.2, -0.15) is 0 Å². The largest absolute Gasteiger partial charge is 0.360 e. The lowest BCUT2D eigenvalue weighted by Gasteiger charge is -2.20. The van der Waals surface area contributed by atoms with Crippen LogP contribution >= 0.6 is 0 Å². The minimum absolute atomic E-state index is 0.0246. The summed E-state index contributed by atoms with van der Waals surface area (Å²) in [6.45, 7) is 3.78. The Bertz CT molecular complexity index is 645. The number of hydrogen-bond donors (Lipinski definition) is 0. The van der Waals surface area contributed by atoms with Gasteiger partial charge in [0.25, 0.3) is 5.91 Å². The van der Waals surface area contributed by atoms with Crippen molar-refractivity contribution >= 4 is 11.7 Å². The molecule has 0 saturated heterocycles. The first-order chi connectivity index (χ1) is 11.6. The lowest BCUT2D eigenvalue weighted by molar-refractivity contribution is 0.0796. The second-order valence-corrected chi connectivity index (χ2v) is 6.01. The zero-order valence-electron chi connectivity index (χ0n) is 14.8. The molecule has 0 N–H and O–H groups in total. The molecule has 0 saturated carbocycles. The number of anilines is 1. The SMILES string of the molecule is CCCCN(C)c1cc(C(=O)N(C)CCc2ccncc2)ccn1. The van der Waals surface area contributed by atoms with Crippen molar-refractivity contribution in [2.24, 2.45) is 0 Å². The molecule has 0 atom stereocenters. The van der Waals surface area contributed by atoms with Gasteiger partial charge in [-0.3, -0.25) is 9.78 Å². The van der Waals surface area contributed by atoms with Crippen LogP contribution in [0.1, 0.15) is 35.7 Å². The first-order valence-electron chi connectivity index (χ1n) is 8.43. The molecule has 128 valence electrons. The summed E-state index contributed by atoms with van der Waals surface area (Å²) in [6.07, 6.45) is 8.33. The van der Waals surface area contributed by atoms with Gasteiger partial charge in [0.2, 0.25) is 0 Å². The molecule has 2 rings (SSSR count). The molecule has 0 aliphatic carbocycles. The Kier molecular flexibility index (Phi) is 6.73. The van der Waals surface area contributed by atoms with Crippen LogP contribution in [0.4, 0.5) is 5.82 Å². The molecule has 0 fully saturated rings. The monoisotopic (exact) mass is 326 g/mol. The van der Waals surface area contributed by atoms with E-state index in [4.69, 9.17) is 0 Å². The molecule has 5 heteroatoms. The Hall–Kier alpha value is -2.43. The molecule has 24 heavy (non-hydrogen) atoms. The molecule has 2 heterocycles. The highest BCUT2D eigenvalue weighted by atomic mass is 16.2. The summed E-state index contributed by atoms with van der Waals surface area (Å²) in [7, 11) is 3.85. The molecule has 0 aliphatic rings. The molecule has 0 aliphatic heterocycles. The maximum atomic E-state index is 12.6. The van der Waals surface area contributed by atoms with Crippen LogP contribution in [-0.2, 0) is 6.42 Å². The van der Waals surface area contributed by atoms with Crippen molar-refractivity contribution in [1.29, 1.82) is 0 Å². The second-order valence-electron chi connectivity index (χ2n) is 6.01. The summed E-state index contributed by atoms with van der Waals surface area (Å²) >= 11 is 0. The first-order valence-corrected chi connectivity index (χ1v) is 8.43. The fraction of sp³-hybridized carbons (Fsp3) is 0.421. The van der Waals surface area contributed by atoms with Crippen molar-refractivity contribution in [3.05, 3.63) is 54.0 Å². The first kappa shape index (κ1) is 17.9. The van der Waals surface area contributed by atoms with E-state index < -0.39 is 0 Å². The van der Waals surface area contributed by atoms with Gasteiger partial charge in [-0.05, 0) is 42.7 Å². The maximum absolute atomic E-state index is 12.6. The van der Waals surface area contributed by atoms with Gasteiger partial charge in [0.1, 0.15) is 5.82 Å². The van der Waals surface area contributed by atoms with E-state index in [1.807, 2.05) is 32.3 Å². The summed E-state index contributed by atoms with van der Waals surface area (Å²) in [5, 5.41) is 0. The highest BCUT2D eigenvalue weighted by Crippen LogP contribution is 2.13. The topological polar surface area (TPSA) is 49.3 Å². The molecule has 2 aromatic heterocycles. The molecule has 0 spiro atoms. The Morgan fingerprint density at radius 2 is 1.83 bits per heavy atom. The number of carbonyl (C=O) groups is 1. The van der Waals surface area contributed by atoms with E-state index in [0.717, 1.165) is 31.6 Å². The van der Waals surface area contributed by atoms with Crippen molar-refractivity contribution in [1.82, 2.24) is 14.9 Å². The number of likely N-dealkylation sites (N-methyl/N-ethyl adjacent to an activating group) is 1. The van der Waals surface area contributed by atoms with Crippen molar-refractivity contribution in [3.63, 3.8) is 0 Å². The molecule has 0 unspecified atom stereocenters. The molecule has 0 aromatic carbocycles. The Balaban J connectivity index is 1.98. The van der Waals surface area contributed by atoms with Gasteiger partial charge in [-0.1, -0.05) is 13.3 Å². The van der Waals surface area contributed by atoms with Gasteiger partial charge in [0.15, 0.2) is 0 Å². The second kappa shape index (κ2) is 9.01. The Morgan fingerprint density at radius 1 is 1.08 bits per heavy atom. The van der Waals surface area contributed by atoms with E-state index in [9.17, 15) is 4.79 Å². The normalized spacial score (nSPS) is 10.5. The summed E-state index contributed by atoms with van der Waals surface area (Å²) in [6, 6.07) is 7.61. The average Bonchev–Trinajstić information content (AvgIpc) is 2.64. The van der Waals surface area contributed by atoms with Crippen LogP contribution in [0.2, 0.25) is 0 Å². The minimum atomic E-state index is 0.0246. The predicted octanol–water partition coefficient (Wildman–Crippen LogP) is 3.03.